The van der Waals surface area contributed by atoms with Gasteiger partial charge < -0.3 is 5.32 Å². The van der Waals surface area contributed by atoms with Crippen molar-refractivity contribution in [2.24, 2.45) is 0 Å². The van der Waals surface area contributed by atoms with E-state index in [0.29, 0.717) is 16.3 Å². The number of halogens is 1. The van der Waals surface area contributed by atoms with E-state index in [0.717, 1.165) is 0 Å². The SMILES string of the molecule is C=C(C)C(=O)Nc1ccccc1Cl. The van der Waals surface area contributed by atoms with Crippen LogP contribution in [0, 0.1) is 0 Å². The molecule has 3 heteroatoms. The first kappa shape index (κ1) is 9.81. The Labute approximate surface area is 82.2 Å². The number of rotatable bonds is 2. The lowest BCUT2D eigenvalue weighted by atomic mass is 10.3. The quantitative estimate of drug-likeness (QED) is 0.723. The molecule has 0 bridgehead atoms. The van der Waals surface area contributed by atoms with E-state index in [-0.39, 0.29) is 5.91 Å². The highest BCUT2D eigenvalue weighted by molar-refractivity contribution is 6.33. The first-order valence-electron chi connectivity index (χ1n) is 3.82. The predicted octanol–water partition coefficient (Wildman–Crippen LogP) is 2.85. The van der Waals surface area contributed by atoms with Crippen LogP contribution in [0.1, 0.15) is 6.92 Å². The van der Waals surface area contributed by atoms with Gasteiger partial charge in [0, 0.05) is 5.57 Å². The van der Waals surface area contributed by atoms with Gasteiger partial charge in [-0.1, -0.05) is 30.3 Å². The number of benzene rings is 1. The van der Waals surface area contributed by atoms with Crippen molar-refractivity contribution in [3.63, 3.8) is 0 Å². The van der Waals surface area contributed by atoms with Crippen LogP contribution in [0.25, 0.3) is 0 Å². The summed E-state index contributed by atoms with van der Waals surface area (Å²) in [5.41, 5.74) is 1.07. The first-order chi connectivity index (χ1) is 6.11. The van der Waals surface area contributed by atoms with Crippen LogP contribution in [0.2, 0.25) is 5.02 Å². The zero-order valence-electron chi connectivity index (χ0n) is 7.30. The summed E-state index contributed by atoms with van der Waals surface area (Å²) >= 11 is 5.83. The molecule has 0 atom stereocenters. The maximum Gasteiger partial charge on any atom is 0.250 e. The van der Waals surface area contributed by atoms with Gasteiger partial charge in [-0.3, -0.25) is 4.79 Å². The Hall–Kier alpha value is -1.28. The van der Waals surface area contributed by atoms with E-state index in [9.17, 15) is 4.79 Å². The van der Waals surface area contributed by atoms with Gasteiger partial charge in [-0.15, -0.1) is 0 Å². The van der Waals surface area contributed by atoms with Gasteiger partial charge in [-0.2, -0.15) is 0 Å². The molecular formula is C10H10ClNO. The van der Waals surface area contributed by atoms with E-state index >= 15 is 0 Å². The third-order valence-corrected chi connectivity index (χ3v) is 1.84. The summed E-state index contributed by atoms with van der Waals surface area (Å²) in [7, 11) is 0. The lowest BCUT2D eigenvalue weighted by Crippen LogP contribution is -2.11. The molecule has 0 radical (unpaired) electrons. The van der Waals surface area contributed by atoms with Crippen molar-refractivity contribution >= 4 is 23.2 Å². The molecule has 0 spiro atoms. The Kier molecular flexibility index (Phi) is 3.09. The maximum absolute atomic E-state index is 11.2. The van der Waals surface area contributed by atoms with Crippen molar-refractivity contribution in [3.05, 3.63) is 41.4 Å². The van der Waals surface area contributed by atoms with Crippen LogP contribution < -0.4 is 5.32 Å². The zero-order chi connectivity index (χ0) is 9.84. The Balaban J connectivity index is 2.81. The molecule has 1 aromatic carbocycles. The molecule has 0 heterocycles. The van der Waals surface area contributed by atoms with Crippen LogP contribution in [0.4, 0.5) is 5.69 Å². The van der Waals surface area contributed by atoms with Crippen LogP contribution >= 0.6 is 11.6 Å². The third-order valence-electron chi connectivity index (χ3n) is 1.51. The fraction of sp³-hybridized carbons (Fsp3) is 0.100. The van der Waals surface area contributed by atoms with Crippen molar-refractivity contribution in [1.82, 2.24) is 0 Å². The van der Waals surface area contributed by atoms with Crippen molar-refractivity contribution in [2.75, 3.05) is 5.32 Å². The predicted molar refractivity (Wildman–Crippen MR) is 54.9 cm³/mol. The summed E-state index contributed by atoms with van der Waals surface area (Å²) in [6, 6.07) is 7.07. The molecule has 0 aliphatic heterocycles. The van der Waals surface area contributed by atoms with Crippen LogP contribution in [-0.2, 0) is 4.79 Å². The van der Waals surface area contributed by atoms with E-state index in [2.05, 4.69) is 11.9 Å². The van der Waals surface area contributed by atoms with Crippen LogP contribution in [-0.4, -0.2) is 5.91 Å². The largest absolute Gasteiger partial charge is 0.321 e. The van der Waals surface area contributed by atoms with Gasteiger partial charge in [0.05, 0.1) is 10.7 Å². The Morgan fingerprint density at radius 3 is 2.62 bits per heavy atom. The smallest absolute Gasteiger partial charge is 0.250 e. The molecule has 2 nitrogen and oxygen atoms in total. The van der Waals surface area contributed by atoms with E-state index in [1.165, 1.54) is 0 Å². The van der Waals surface area contributed by atoms with Crippen LogP contribution in [0.15, 0.2) is 36.4 Å². The van der Waals surface area contributed by atoms with Crippen LogP contribution in [0.3, 0.4) is 0 Å². The van der Waals surface area contributed by atoms with Crippen molar-refractivity contribution in [2.45, 2.75) is 6.92 Å². The average Bonchev–Trinajstić information content (AvgIpc) is 2.08. The molecule has 13 heavy (non-hydrogen) atoms. The standard InChI is InChI=1S/C10H10ClNO/c1-7(2)10(13)12-9-6-4-3-5-8(9)11/h3-6H,1H2,2H3,(H,12,13). The van der Waals surface area contributed by atoms with Crippen molar-refractivity contribution in [1.29, 1.82) is 0 Å². The fourth-order valence-electron chi connectivity index (χ4n) is 0.792. The number of para-hydroxylation sites is 1. The highest BCUT2D eigenvalue weighted by atomic mass is 35.5. The third kappa shape index (κ3) is 2.60. The summed E-state index contributed by atoms with van der Waals surface area (Å²) in [4.78, 5) is 11.2. The van der Waals surface area contributed by atoms with Gasteiger partial charge in [-0.25, -0.2) is 0 Å². The van der Waals surface area contributed by atoms with Gasteiger partial charge in [0.1, 0.15) is 0 Å². The zero-order valence-corrected chi connectivity index (χ0v) is 8.06. The van der Waals surface area contributed by atoms with Crippen molar-refractivity contribution in [3.8, 4) is 0 Å². The number of carbonyl (C=O) groups is 1. The minimum atomic E-state index is -0.215. The Bertz CT molecular complexity index is 347. The van der Waals surface area contributed by atoms with Crippen molar-refractivity contribution < 1.29 is 4.79 Å². The molecular weight excluding hydrogens is 186 g/mol. The van der Waals surface area contributed by atoms with Crippen LogP contribution in [0.5, 0.6) is 0 Å². The van der Waals surface area contributed by atoms with E-state index in [1.807, 2.05) is 0 Å². The molecule has 1 N–H and O–H groups in total. The summed E-state index contributed by atoms with van der Waals surface area (Å²) in [5.74, 6) is -0.215. The second kappa shape index (κ2) is 4.10. The second-order valence-corrected chi connectivity index (χ2v) is 3.12. The minimum Gasteiger partial charge on any atom is -0.321 e. The van der Waals surface area contributed by atoms with Gasteiger partial charge in [0.25, 0.3) is 5.91 Å². The number of nitrogens with one attached hydrogen (secondary N) is 1. The minimum absolute atomic E-state index is 0.215. The second-order valence-electron chi connectivity index (χ2n) is 2.71. The number of amides is 1. The molecule has 1 amide bonds. The fourth-order valence-corrected chi connectivity index (χ4v) is 0.975. The molecule has 0 aromatic heterocycles. The van der Waals surface area contributed by atoms with E-state index in [1.54, 1.807) is 31.2 Å². The van der Waals surface area contributed by atoms with Gasteiger partial charge >= 0.3 is 0 Å². The summed E-state index contributed by atoms with van der Waals surface area (Å²) in [6.45, 7) is 5.17. The Morgan fingerprint density at radius 2 is 2.08 bits per heavy atom. The average molecular weight is 196 g/mol. The molecule has 0 fully saturated rings. The van der Waals surface area contributed by atoms with Gasteiger partial charge in [-0.05, 0) is 19.1 Å². The monoisotopic (exact) mass is 195 g/mol. The lowest BCUT2D eigenvalue weighted by Gasteiger charge is -2.05. The summed E-state index contributed by atoms with van der Waals surface area (Å²) in [6.07, 6.45) is 0. The van der Waals surface area contributed by atoms with Gasteiger partial charge in [0.15, 0.2) is 0 Å². The highest BCUT2D eigenvalue weighted by Gasteiger charge is 2.04. The van der Waals surface area contributed by atoms with Gasteiger partial charge in [0.2, 0.25) is 0 Å². The first-order valence-corrected chi connectivity index (χ1v) is 4.20. The summed E-state index contributed by atoms with van der Waals surface area (Å²) < 4.78 is 0. The summed E-state index contributed by atoms with van der Waals surface area (Å²) in [5, 5.41) is 3.16. The lowest BCUT2D eigenvalue weighted by molar-refractivity contribution is -0.112. The number of hydrogen-bond donors (Lipinski definition) is 1. The molecule has 0 aliphatic carbocycles. The Morgan fingerprint density at radius 1 is 1.46 bits per heavy atom. The van der Waals surface area contributed by atoms with E-state index in [4.69, 9.17) is 11.6 Å². The number of anilines is 1. The molecule has 0 saturated heterocycles. The number of hydrogen-bond acceptors (Lipinski definition) is 1. The number of carbonyl (C=O) groups excluding carboxylic acids is 1. The normalized spacial score (nSPS) is 9.38. The topological polar surface area (TPSA) is 29.1 Å². The molecule has 0 unspecified atom stereocenters. The molecule has 1 rings (SSSR count). The molecule has 0 aliphatic rings. The maximum atomic E-state index is 11.2. The molecule has 1 aromatic rings. The molecule has 0 saturated carbocycles. The molecule has 68 valence electrons. The highest BCUT2D eigenvalue weighted by Crippen LogP contribution is 2.20. The van der Waals surface area contributed by atoms with E-state index < -0.39 is 0 Å².